The molecule has 0 bridgehead atoms. The predicted octanol–water partition coefficient (Wildman–Crippen LogP) is 3.56. The largest absolute Gasteiger partial charge is 0.484 e. The van der Waals surface area contributed by atoms with E-state index < -0.39 is 10.0 Å². The van der Waals surface area contributed by atoms with Crippen molar-refractivity contribution in [1.29, 1.82) is 0 Å². The van der Waals surface area contributed by atoms with Crippen LogP contribution in [0.2, 0.25) is 0 Å². The number of nitrogens with zero attached hydrogens (tertiary/aromatic N) is 1. The first-order valence-corrected chi connectivity index (χ1v) is 11.5. The lowest BCUT2D eigenvalue weighted by Crippen LogP contribution is -2.35. The van der Waals surface area contributed by atoms with Gasteiger partial charge in [0, 0.05) is 13.1 Å². The molecule has 2 aromatic rings. The summed E-state index contributed by atoms with van der Waals surface area (Å²) in [5.74, 6) is -0.199. The van der Waals surface area contributed by atoms with Crippen LogP contribution in [-0.2, 0) is 14.8 Å². The smallest absolute Gasteiger partial charge is 0.258 e. The fraction of sp³-hybridized carbons (Fsp3) is 0.409. The summed E-state index contributed by atoms with van der Waals surface area (Å²) in [6.07, 6.45) is 2.81. The average molecular weight is 435 g/mol. The Hall–Kier alpha value is -2.45. The number of amides is 1. The topological polar surface area (TPSA) is 75.7 Å². The highest BCUT2D eigenvalue weighted by molar-refractivity contribution is 7.89. The van der Waals surface area contributed by atoms with Crippen LogP contribution in [-0.4, -0.2) is 38.3 Å². The van der Waals surface area contributed by atoms with Gasteiger partial charge in [-0.2, -0.15) is 4.31 Å². The molecular weight excluding hydrogens is 407 g/mol. The average Bonchev–Trinajstić information content (AvgIpc) is 2.73. The summed E-state index contributed by atoms with van der Waals surface area (Å²) >= 11 is 0. The van der Waals surface area contributed by atoms with E-state index in [2.05, 4.69) is 5.32 Å². The second kappa shape index (κ2) is 9.57. The first-order valence-electron chi connectivity index (χ1n) is 10.1. The molecule has 162 valence electrons. The first kappa shape index (κ1) is 22.2. The molecule has 30 heavy (non-hydrogen) atoms. The third-order valence-corrected chi connectivity index (χ3v) is 7.10. The molecule has 0 aliphatic carbocycles. The highest BCUT2D eigenvalue weighted by Gasteiger charge is 2.26. The summed E-state index contributed by atoms with van der Waals surface area (Å²) < 4.78 is 45.7. The minimum atomic E-state index is -3.51. The molecule has 0 aromatic heterocycles. The van der Waals surface area contributed by atoms with Crippen molar-refractivity contribution >= 4 is 15.9 Å². The van der Waals surface area contributed by atoms with Crippen LogP contribution in [0.25, 0.3) is 0 Å². The van der Waals surface area contributed by atoms with E-state index >= 15 is 0 Å². The minimum Gasteiger partial charge on any atom is -0.484 e. The van der Waals surface area contributed by atoms with Crippen molar-refractivity contribution in [3.8, 4) is 5.75 Å². The predicted molar refractivity (Wildman–Crippen MR) is 112 cm³/mol. The molecule has 1 heterocycles. The van der Waals surface area contributed by atoms with Crippen molar-refractivity contribution in [2.45, 2.75) is 44.0 Å². The van der Waals surface area contributed by atoms with E-state index in [1.165, 1.54) is 22.5 Å². The van der Waals surface area contributed by atoms with Crippen LogP contribution in [0.3, 0.4) is 0 Å². The number of piperidine rings is 1. The number of hydrogen-bond acceptors (Lipinski definition) is 4. The fourth-order valence-electron chi connectivity index (χ4n) is 3.46. The third-order valence-electron chi connectivity index (χ3n) is 5.21. The molecule has 8 heteroatoms. The molecule has 1 saturated heterocycles. The monoisotopic (exact) mass is 434 g/mol. The Bertz CT molecular complexity index is 987. The number of carbonyl (C=O) groups excluding carboxylic acids is 1. The molecule has 0 saturated carbocycles. The van der Waals surface area contributed by atoms with Crippen LogP contribution in [0.4, 0.5) is 4.39 Å². The third kappa shape index (κ3) is 5.37. The number of rotatable bonds is 7. The van der Waals surface area contributed by atoms with E-state index in [9.17, 15) is 17.6 Å². The molecule has 0 unspecified atom stereocenters. The molecule has 1 amide bonds. The summed E-state index contributed by atoms with van der Waals surface area (Å²) in [5, 5.41) is 2.80. The van der Waals surface area contributed by atoms with Gasteiger partial charge in [-0.05, 0) is 68.1 Å². The summed E-state index contributed by atoms with van der Waals surface area (Å²) in [6, 6.07) is 10.3. The molecule has 0 spiro atoms. The Morgan fingerprint density at radius 3 is 2.43 bits per heavy atom. The second-order valence-corrected chi connectivity index (χ2v) is 9.46. The lowest BCUT2D eigenvalue weighted by molar-refractivity contribution is -0.123. The zero-order chi connectivity index (χ0) is 21.7. The Morgan fingerprint density at radius 2 is 1.80 bits per heavy atom. The standard InChI is InChI=1S/C22H27FN2O4S/c1-16-14-20(30(27,28)25-12-4-3-5-13-25)10-11-21(16)29-15-22(26)24-17(2)18-6-8-19(23)9-7-18/h6-11,14,17H,3-5,12-13,15H2,1-2H3,(H,24,26)/t17-/m0/s1. The van der Waals surface area contributed by atoms with Crippen LogP contribution in [0.15, 0.2) is 47.4 Å². The van der Waals surface area contributed by atoms with Gasteiger partial charge in [0.25, 0.3) is 5.91 Å². The van der Waals surface area contributed by atoms with Gasteiger partial charge in [0.1, 0.15) is 11.6 Å². The highest BCUT2D eigenvalue weighted by atomic mass is 32.2. The number of hydrogen-bond donors (Lipinski definition) is 1. The van der Waals surface area contributed by atoms with Crippen molar-refractivity contribution in [1.82, 2.24) is 9.62 Å². The Morgan fingerprint density at radius 1 is 1.13 bits per heavy atom. The molecule has 3 rings (SSSR count). The number of carbonyl (C=O) groups is 1. The highest BCUT2D eigenvalue weighted by Crippen LogP contribution is 2.26. The van der Waals surface area contributed by atoms with Gasteiger partial charge in [-0.1, -0.05) is 18.6 Å². The molecule has 6 nitrogen and oxygen atoms in total. The number of halogens is 1. The summed E-state index contributed by atoms with van der Waals surface area (Å²) in [4.78, 5) is 12.4. The summed E-state index contributed by atoms with van der Waals surface area (Å²) in [6.45, 7) is 4.45. The van der Waals surface area contributed by atoms with Gasteiger partial charge in [0.2, 0.25) is 10.0 Å². The van der Waals surface area contributed by atoms with Gasteiger partial charge >= 0.3 is 0 Å². The maximum atomic E-state index is 13.0. The SMILES string of the molecule is Cc1cc(S(=O)(=O)N2CCCCC2)ccc1OCC(=O)N[C@@H](C)c1ccc(F)cc1. The van der Waals surface area contributed by atoms with Crippen LogP contribution >= 0.6 is 0 Å². The van der Waals surface area contributed by atoms with Crippen molar-refractivity contribution in [3.05, 3.63) is 59.4 Å². The van der Waals surface area contributed by atoms with Gasteiger partial charge in [-0.3, -0.25) is 4.79 Å². The quantitative estimate of drug-likeness (QED) is 0.723. The second-order valence-electron chi connectivity index (χ2n) is 7.52. The maximum absolute atomic E-state index is 13.0. The maximum Gasteiger partial charge on any atom is 0.258 e. The lowest BCUT2D eigenvalue weighted by atomic mass is 10.1. The number of benzene rings is 2. The number of aryl methyl sites for hydroxylation is 1. The van der Waals surface area contributed by atoms with Gasteiger partial charge < -0.3 is 10.1 Å². The van der Waals surface area contributed by atoms with E-state index in [1.807, 2.05) is 0 Å². The number of ether oxygens (including phenoxy) is 1. The van der Waals surface area contributed by atoms with E-state index in [4.69, 9.17) is 4.74 Å². The van der Waals surface area contributed by atoms with Crippen molar-refractivity contribution < 1.29 is 22.3 Å². The molecule has 0 radical (unpaired) electrons. The van der Waals surface area contributed by atoms with E-state index in [0.29, 0.717) is 24.4 Å². The van der Waals surface area contributed by atoms with Crippen molar-refractivity contribution in [2.75, 3.05) is 19.7 Å². The molecule has 2 aromatic carbocycles. The normalized spacial score (nSPS) is 16.1. The first-order chi connectivity index (χ1) is 14.3. The van der Waals surface area contributed by atoms with Crippen LogP contribution in [0.5, 0.6) is 5.75 Å². The molecule has 1 atom stereocenters. The van der Waals surface area contributed by atoms with Gasteiger partial charge in [-0.15, -0.1) is 0 Å². The van der Waals surface area contributed by atoms with E-state index in [0.717, 1.165) is 24.8 Å². The Balaban J connectivity index is 1.59. The molecule has 1 N–H and O–H groups in total. The molecule has 1 aliphatic rings. The minimum absolute atomic E-state index is 0.204. The zero-order valence-electron chi connectivity index (χ0n) is 17.2. The Labute approximate surface area is 177 Å². The van der Waals surface area contributed by atoms with E-state index in [-0.39, 0.29) is 29.3 Å². The zero-order valence-corrected chi connectivity index (χ0v) is 18.0. The van der Waals surface area contributed by atoms with Crippen LogP contribution < -0.4 is 10.1 Å². The van der Waals surface area contributed by atoms with Gasteiger partial charge in [0.15, 0.2) is 6.61 Å². The van der Waals surface area contributed by atoms with Gasteiger partial charge in [0.05, 0.1) is 10.9 Å². The fourth-order valence-corrected chi connectivity index (χ4v) is 5.06. The van der Waals surface area contributed by atoms with Crippen LogP contribution in [0.1, 0.15) is 43.4 Å². The molecule has 1 fully saturated rings. The number of sulfonamides is 1. The lowest BCUT2D eigenvalue weighted by Gasteiger charge is -2.26. The summed E-state index contributed by atoms with van der Waals surface area (Å²) in [5.41, 5.74) is 1.43. The van der Waals surface area contributed by atoms with Crippen molar-refractivity contribution in [2.24, 2.45) is 0 Å². The Kier molecular flexibility index (Phi) is 7.10. The summed E-state index contributed by atoms with van der Waals surface area (Å²) in [7, 11) is -3.51. The van der Waals surface area contributed by atoms with Crippen molar-refractivity contribution in [3.63, 3.8) is 0 Å². The van der Waals surface area contributed by atoms with Gasteiger partial charge in [-0.25, -0.2) is 12.8 Å². The van der Waals surface area contributed by atoms with E-state index in [1.54, 1.807) is 38.1 Å². The van der Waals surface area contributed by atoms with Crippen LogP contribution in [0, 0.1) is 12.7 Å². The molecule has 1 aliphatic heterocycles. The molecular formula is C22H27FN2O4S. The number of nitrogens with one attached hydrogen (secondary N) is 1.